The van der Waals surface area contributed by atoms with Crippen LogP contribution in [0.15, 0.2) is 29.5 Å². The number of aliphatic hydroxyl groups excluding tert-OH is 2. The van der Waals surface area contributed by atoms with Gasteiger partial charge in [-0.1, -0.05) is 0 Å². The maximum atomic E-state index is 12.5. The number of hydrogen-bond donors (Lipinski definition) is 3. The van der Waals surface area contributed by atoms with Crippen LogP contribution >= 0.6 is 0 Å². The third kappa shape index (κ3) is 1.63. The molecule has 1 aliphatic heterocycles. The maximum Gasteiger partial charge on any atom is 0.278 e. The second-order valence-electron chi connectivity index (χ2n) is 4.01. The van der Waals surface area contributed by atoms with Gasteiger partial charge in [0.15, 0.2) is 16.9 Å². The molecule has 1 aliphatic rings. The van der Waals surface area contributed by atoms with Crippen molar-refractivity contribution in [1.82, 2.24) is 19.5 Å². The van der Waals surface area contributed by atoms with E-state index in [1.54, 1.807) is 0 Å². The summed E-state index contributed by atoms with van der Waals surface area (Å²) < 4.78 is 18.8. The molecule has 0 aliphatic carbocycles. The van der Waals surface area contributed by atoms with Crippen LogP contribution in [0, 0.1) is 0 Å². The van der Waals surface area contributed by atoms with E-state index in [4.69, 9.17) is 4.74 Å². The summed E-state index contributed by atoms with van der Waals surface area (Å²) in [6.45, 7) is 0. The molecule has 0 aromatic carbocycles. The number of halogens is 1. The molecule has 2 unspecified atom stereocenters. The fourth-order valence-electron chi connectivity index (χ4n) is 1.96. The number of hydrogen-bond acceptors (Lipinski definition) is 6. The Morgan fingerprint density at radius 1 is 1.47 bits per heavy atom. The van der Waals surface area contributed by atoms with Crippen LogP contribution in [-0.4, -0.2) is 41.9 Å². The van der Waals surface area contributed by atoms with Crippen molar-refractivity contribution < 1.29 is 19.3 Å². The molecule has 3 rings (SSSR count). The molecule has 100 valence electrons. The van der Waals surface area contributed by atoms with Gasteiger partial charge in [0.1, 0.15) is 24.9 Å². The Bertz CT molecular complexity index is 709. The Kier molecular flexibility index (Phi) is 2.57. The van der Waals surface area contributed by atoms with Crippen LogP contribution in [0.4, 0.5) is 4.39 Å². The van der Waals surface area contributed by atoms with Crippen LogP contribution in [0.25, 0.3) is 11.2 Å². The number of fused-ring (bicyclic) bond motifs is 1. The average molecular weight is 268 g/mol. The quantitative estimate of drug-likeness (QED) is 0.623. The first-order valence-electron chi connectivity index (χ1n) is 5.36. The van der Waals surface area contributed by atoms with Crippen LogP contribution in [-0.2, 0) is 4.74 Å². The molecule has 0 saturated carbocycles. The normalized spacial score (nSPS) is 29.0. The highest BCUT2D eigenvalue weighted by Gasteiger charge is 2.41. The summed E-state index contributed by atoms with van der Waals surface area (Å²) in [5.74, 6) is -0.385. The third-order valence-electron chi connectivity index (χ3n) is 2.91. The average Bonchev–Trinajstić information content (AvgIpc) is 2.94. The molecule has 3 heterocycles. The molecule has 3 N–H and O–H groups in total. The summed E-state index contributed by atoms with van der Waals surface area (Å²) in [5.41, 5.74) is -0.219. The van der Waals surface area contributed by atoms with E-state index in [-0.39, 0.29) is 23.3 Å². The topological polar surface area (TPSA) is 113 Å². The van der Waals surface area contributed by atoms with E-state index in [1.165, 1.54) is 17.2 Å². The first kappa shape index (κ1) is 11.8. The number of aliphatic hydroxyl groups is 2. The SMILES string of the molecule is O=c1[nH]cnc2c1ncn2[C@@H]1O/C(=C/F)C(O)C1O. The van der Waals surface area contributed by atoms with Crippen molar-refractivity contribution in [1.29, 1.82) is 0 Å². The number of H-pyrrole nitrogens is 1. The molecule has 0 spiro atoms. The zero-order chi connectivity index (χ0) is 13.6. The Labute approximate surface area is 104 Å². The van der Waals surface area contributed by atoms with Gasteiger partial charge in [-0.3, -0.25) is 9.36 Å². The Morgan fingerprint density at radius 3 is 2.95 bits per heavy atom. The van der Waals surface area contributed by atoms with E-state index in [1.807, 2.05) is 0 Å². The number of aromatic nitrogens is 4. The molecule has 3 atom stereocenters. The van der Waals surface area contributed by atoms with Gasteiger partial charge in [-0.05, 0) is 0 Å². The van der Waals surface area contributed by atoms with Gasteiger partial charge >= 0.3 is 0 Å². The smallest absolute Gasteiger partial charge is 0.278 e. The number of nitrogens with zero attached hydrogens (tertiary/aromatic N) is 3. The largest absolute Gasteiger partial charge is 0.466 e. The molecular formula is C10H9FN4O4. The molecule has 1 saturated heterocycles. The van der Waals surface area contributed by atoms with Crippen LogP contribution in [0.5, 0.6) is 0 Å². The predicted molar refractivity (Wildman–Crippen MR) is 59.5 cm³/mol. The highest BCUT2D eigenvalue weighted by atomic mass is 19.1. The molecule has 0 amide bonds. The van der Waals surface area contributed by atoms with Crippen molar-refractivity contribution in [2.45, 2.75) is 18.4 Å². The van der Waals surface area contributed by atoms with Gasteiger partial charge < -0.3 is 19.9 Å². The molecule has 2 aromatic rings. The van der Waals surface area contributed by atoms with E-state index in [9.17, 15) is 19.4 Å². The molecule has 2 aromatic heterocycles. The lowest BCUT2D eigenvalue weighted by Gasteiger charge is -2.15. The first-order chi connectivity index (χ1) is 9.13. The summed E-state index contributed by atoms with van der Waals surface area (Å²) in [4.78, 5) is 21.6. The standard InChI is InChI=1S/C10H9FN4O4/c11-1-4-6(16)7(17)10(19-4)15-3-14-5-8(15)12-2-13-9(5)18/h1-3,6-7,10,16-17H,(H,12,13,18)/b4-1+/t6?,7?,10-/m1/s1. The van der Waals surface area contributed by atoms with Crippen LogP contribution in [0.1, 0.15) is 6.23 Å². The van der Waals surface area contributed by atoms with Gasteiger partial charge in [0.2, 0.25) is 6.23 Å². The van der Waals surface area contributed by atoms with E-state index in [0.717, 1.165) is 0 Å². The first-order valence-corrected chi connectivity index (χ1v) is 5.36. The van der Waals surface area contributed by atoms with E-state index in [2.05, 4.69) is 15.0 Å². The molecular weight excluding hydrogens is 259 g/mol. The van der Waals surface area contributed by atoms with Crippen molar-refractivity contribution >= 4 is 11.2 Å². The van der Waals surface area contributed by atoms with Gasteiger partial charge in [-0.15, -0.1) is 0 Å². The molecule has 19 heavy (non-hydrogen) atoms. The van der Waals surface area contributed by atoms with E-state index < -0.39 is 24.0 Å². The van der Waals surface area contributed by atoms with Gasteiger partial charge in [0.05, 0.1) is 6.33 Å². The molecule has 1 fully saturated rings. The highest BCUT2D eigenvalue weighted by Crippen LogP contribution is 2.33. The predicted octanol–water partition coefficient (Wildman–Crippen LogP) is -0.819. The Morgan fingerprint density at radius 2 is 2.26 bits per heavy atom. The monoisotopic (exact) mass is 268 g/mol. The number of aromatic amines is 1. The lowest BCUT2D eigenvalue weighted by atomic mass is 10.2. The number of nitrogens with one attached hydrogen (secondary N) is 1. The zero-order valence-corrected chi connectivity index (χ0v) is 9.39. The molecule has 8 nitrogen and oxygen atoms in total. The summed E-state index contributed by atoms with van der Waals surface area (Å²) in [5, 5.41) is 19.4. The van der Waals surface area contributed by atoms with E-state index >= 15 is 0 Å². The lowest BCUT2D eigenvalue weighted by molar-refractivity contribution is -0.0120. The van der Waals surface area contributed by atoms with Gasteiger partial charge in [0.25, 0.3) is 5.56 Å². The fourth-order valence-corrected chi connectivity index (χ4v) is 1.96. The summed E-state index contributed by atoms with van der Waals surface area (Å²) in [6.07, 6.45) is -1.49. The zero-order valence-electron chi connectivity index (χ0n) is 9.39. The minimum atomic E-state index is -1.48. The number of ether oxygens (including phenoxy) is 1. The Hall–Kier alpha value is -2.26. The van der Waals surface area contributed by atoms with Crippen molar-refractivity contribution in [2.24, 2.45) is 0 Å². The molecule has 0 radical (unpaired) electrons. The van der Waals surface area contributed by atoms with Crippen molar-refractivity contribution in [2.75, 3.05) is 0 Å². The minimum absolute atomic E-state index is 0.0606. The van der Waals surface area contributed by atoms with Crippen molar-refractivity contribution in [3.63, 3.8) is 0 Å². The van der Waals surface area contributed by atoms with E-state index in [0.29, 0.717) is 0 Å². The van der Waals surface area contributed by atoms with Crippen LogP contribution in [0.3, 0.4) is 0 Å². The molecule has 9 heteroatoms. The Balaban J connectivity index is 2.11. The fraction of sp³-hybridized carbons (Fsp3) is 0.300. The molecule has 0 bridgehead atoms. The van der Waals surface area contributed by atoms with Gasteiger partial charge in [-0.2, -0.15) is 0 Å². The summed E-state index contributed by atoms with van der Waals surface area (Å²) in [6, 6.07) is 0. The summed E-state index contributed by atoms with van der Waals surface area (Å²) in [7, 11) is 0. The third-order valence-corrected chi connectivity index (χ3v) is 2.91. The van der Waals surface area contributed by atoms with Crippen molar-refractivity contribution in [3.8, 4) is 0 Å². The van der Waals surface area contributed by atoms with Crippen molar-refractivity contribution in [3.05, 3.63) is 35.1 Å². The van der Waals surface area contributed by atoms with Gasteiger partial charge in [0, 0.05) is 0 Å². The van der Waals surface area contributed by atoms with Gasteiger partial charge in [-0.25, -0.2) is 14.4 Å². The number of imidazole rings is 1. The minimum Gasteiger partial charge on any atom is -0.466 e. The second kappa shape index (κ2) is 4.14. The highest BCUT2D eigenvalue weighted by molar-refractivity contribution is 5.68. The summed E-state index contributed by atoms with van der Waals surface area (Å²) >= 11 is 0. The van der Waals surface area contributed by atoms with Crippen LogP contribution < -0.4 is 5.56 Å². The maximum absolute atomic E-state index is 12.5. The second-order valence-corrected chi connectivity index (χ2v) is 4.01. The van der Waals surface area contributed by atoms with Crippen LogP contribution in [0.2, 0.25) is 0 Å². The lowest BCUT2D eigenvalue weighted by Crippen LogP contribution is -2.27. The number of rotatable bonds is 1.